The lowest BCUT2D eigenvalue weighted by atomic mass is 10.1. The molecule has 142 valence electrons. The van der Waals surface area contributed by atoms with E-state index >= 15 is 0 Å². The van der Waals surface area contributed by atoms with Crippen molar-refractivity contribution < 1.29 is 14.3 Å². The van der Waals surface area contributed by atoms with E-state index in [0.29, 0.717) is 23.7 Å². The van der Waals surface area contributed by atoms with Crippen LogP contribution in [0.25, 0.3) is 0 Å². The predicted molar refractivity (Wildman–Crippen MR) is 111 cm³/mol. The van der Waals surface area contributed by atoms with E-state index in [0.717, 1.165) is 29.2 Å². The summed E-state index contributed by atoms with van der Waals surface area (Å²) in [4.78, 5) is 15.5. The van der Waals surface area contributed by atoms with Crippen molar-refractivity contribution in [2.45, 2.75) is 33.1 Å². The van der Waals surface area contributed by atoms with Gasteiger partial charge in [-0.3, -0.25) is 0 Å². The van der Waals surface area contributed by atoms with Crippen LogP contribution in [0.2, 0.25) is 0 Å². The molecule has 0 saturated carbocycles. The highest BCUT2D eigenvalue weighted by molar-refractivity contribution is 7.80. The zero-order valence-electron chi connectivity index (χ0n) is 15.9. The van der Waals surface area contributed by atoms with Crippen LogP contribution in [-0.2, 0) is 0 Å². The van der Waals surface area contributed by atoms with Gasteiger partial charge in [0.1, 0.15) is 4.99 Å². The van der Waals surface area contributed by atoms with Crippen molar-refractivity contribution in [1.82, 2.24) is 4.90 Å². The first-order valence-corrected chi connectivity index (χ1v) is 9.84. The summed E-state index contributed by atoms with van der Waals surface area (Å²) in [5, 5.41) is 0. The van der Waals surface area contributed by atoms with Crippen LogP contribution >= 0.6 is 12.2 Å². The van der Waals surface area contributed by atoms with Crippen LogP contribution in [0, 0.1) is 6.92 Å². The number of likely N-dealkylation sites (tertiary alicyclic amines) is 1. The molecule has 2 aromatic carbocycles. The molecule has 27 heavy (non-hydrogen) atoms. The molecule has 0 amide bonds. The fourth-order valence-electron chi connectivity index (χ4n) is 3.20. The summed E-state index contributed by atoms with van der Waals surface area (Å²) < 4.78 is 11.3. The smallest absolute Gasteiger partial charge is 0.343 e. The molecule has 1 aliphatic heterocycles. The Morgan fingerprint density at radius 2 is 1.81 bits per heavy atom. The van der Waals surface area contributed by atoms with Gasteiger partial charge in [0.2, 0.25) is 0 Å². The number of ether oxygens (including phenoxy) is 2. The molecule has 0 radical (unpaired) electrons. The van der Waals surface area contributed by atoms with Crippen LogP contribution in [0.3, 0.4) is 0 Å². The van der Waals surface area contributed by atoms with Gasteiger partial charge < -0.3 is 14.4 Å². The Kier molecular flexibility index (Phi) is 6.45. The summed E-state index contributed by atoms with van der Waals surface area (Å²) in [5.41, 5.74) is 2.45. The number of carbonyl (C=O) groups excluding carboxylic acids is 1. The highest BCUT2D eigenvalue weighted by Crippen LogP contribution is 2.30. The molecule has 0 aliphatic carbocycles. The Hall–Kier alpha value is -2.40. The van der Waals surface area contributed by atoms with E-state index in [2.05, 4.69) is 4.90 Å². The van der Waals surface area contributed by atoms with Gasteiger partial charge in [0.15, 0.2) is 11.5 Å². The van der Waals surface area contributed by atoms with Crippen molar-refractivity contribution in [3.8, 4) is 11.5 Å². The summed E-state index contributed by atoms with van der Waals surface area (Å²) in [6, 6.07) is 12.9. The molecule has 5 heteroatoms. The van der Waals surface area contributed by atoms with Crippen molar-refractivity contribution in [2.24, 2.45) is 0 Å². The number of thiocarbonyl (C=S) groups is 1. The first kappa shape index (κ1) is 19.4. The maximum absolute atomic E-state index is 12.5. The fourth-order valence-corrected chi connectivity index (χ4v) is 3.51. The van der Waals surface area contributed by atoms with Gasteiger partial charge >= 0.3 is 5.97 Å². The SMILES string of the molecule is CCOc1cc(C(=S)N2CCCCC2)ccc1OC(=O)c1cccc(C)c1. The Bertz CT molecular complexity index is 828. The first-order chi connectivity index (χ1) is 13.1. The quantitative estimate of drug-likeness (QED) is 0.422. The number of benzene rings is 2. The first-order valence-electron chi connectivity index (χ1n) is 9.43. The largest absolute Gasteiger partial charge is 0.490 e. The van der Waals surface area contributed by atoms with E-state index in [1.54, 1.807) is 12.1 Å². The molecule has 0 atom stereocenters. The molecule has 3 rings (SSSR count). The Morgan fingerprint density at radius 3 is 2.52 bits per heavy atom. The van der Waals surface area contributed by atoms with Crippen molar-refractivity contribution in [2.75, 3.05) is 19.7 Å². The van der Waals surface area contributed by atoms with Gasteiger partial charge in [-0.2, -0.15) is 0 Å². The minimum absolute atomic E-state index is 0.397. The molecule has 2 aromatic rings. The fraction of sp³-hybridized carbons (Fsp3) is 0.364. The molecule has 0 unspecified atom stereocenters. The third-order valence-corrected chi connectivity index (χ3v) is 5.08. The van der Waals surface area contributed by atoms with Gasteiger partial charge in [-0.1, -0.05) is 29.9 Å². The monoisotopic (exact) mass is 383 g/mol. The second-order valence-corrected chi connectivity index (χ2v) is 7.09. The van der Waals surface area contributed by atoms with Crippen molar-refractivity contribution in [1.29, 1.82) is 0 Å². The number of hydrogen-bond donors (Lipinski definition) is 0. The number of carbonyl (C=O) groups is 1. The van der Waals surface area contributed by atoms with E-state index in [4.69, 9.17) is 21.7 Å². The molecule has 1 aliphatic rings. The molecule has 4 nitrogen and oxygen atoms in total. The van der Waals surface area contributed by atoms with E-state index in [9.17, 15) is 4.79 Å². The van der Waals surface area contributed by atoms with Crippen molar-refractivity contribution in [3.05, 3.63) is 59.2 Å². The number of hydrogen-bond acceptors (Lipinski definition) is 4. The highest BCUT2D eigenvalue weighted by atomic mass is 32.1. The van der Waals surface area contributed by atoms with Crippen molar-refractivity contribution >= 4 is 23.2 Å². The highest BCUT2D eigenvalue weighted by Gasteiger charge is 2.18. The number of esters is 1. The molecule has 1 fully saturated rings. The van der Waals surface area contributed by atoms with Gasteiger partial charge in [-0.05, 0) is 63.4 Å². The van der Waals surface area contributed by atoms with Crippen LogP contribution in [0.1, 0.15) is 47.7 Å². The van der Waals surface area contributed by atoms with Crippen LogP contribution in [0.5, 0.6) is 11.5 Å². The van der Waals surface area contributed by atoms with E-state index in [-0.39, 0.29) is 0 Å². The average molecular weight is 384 g/mol. The molecule has 0 N–H and O–H groups in total. The Morgan fingerprint density at radius 1 is 1.04 bits per heavy atom. The lowest BCUT2D eigenvalue weighted by molar-refractivity contribution is 0.0728. The zero-order chi connectivity index (χ0) is 19.2. The lowest BCUT2D eigenvalue weighted by Gasteiger charge is -2.29. The van der Waals surface area contributed by atoms with Gasteiger partial charge in [0.25, 0.3) is 0 Å². The molecular weight excluding hydrogens is 358 g/mol. The van der Waals surface area contributed by atoms with Crippen LogP contribution in [0.4, 0.5) is 0 Å². The third kappa shape index (κ3) is 4.86. The number of rotatable bonds is 5. The maximum Gasteiger partial charge on any atom is 0.343 e. The minimum atomic E-state index is -0.397. The molecular formula is C22H25NO3S. The standard InChI is InChI=1S/C22H25NO3S/c1-3-25-20-15-17(21(27)23-12-5-4-6-13-23)10-11-19(20)26-22(24)18-9-7-8-16(2)14-18/h7-11,14-15H,3-6,12-13H2,1-2H3. The summed E-state index contributed by atoms with van der Waals surface area (Å²) in [7, 11) is 0. The topological polar surface area (TPSA) is 38.8 Å². The average Bonchev–Trinajstić information content (AvgIpc) is 2.69. The third-order valence-electron chi connectivity index (χ3n) is 4.59. The Labute approximate surface area is 166 Å². The normalized spacial score (nSPS) is 13.9. The van der Waals surface area contributed by atoms with E-state index in [1.165, 1.54) is 19.3 Å². The van der Waals surface area contributed by atoms with Crippen molar-refractivity contribution in [3.63, 3.8) is 0 Å². The molecule has 1 saturated heterocycles. The molecule has 0 aromatic heterocycles. The molecule has 1 heterocycles. The van der Waals surface area contributed by atoms with E-state index in [1.807, 2.05) is 44.2 Å². The predicted octanol–water partition coefficient (Wildman–Crippen LogP) is 4.77. The van der Waals surface area contributed by atoms with Gasteiger partial charge in [0.05, 0.1) is 12.2 Å². The maximum atomic E-state index is 12.5. The summed E-state index contributed by atoms with van der Waals surface area (Å²) >= 11 is 5.67. The molecule has 0 spiro atoms. The van der Waals surface area contributed by atoms with Crippen LogP contribution < -0.4 is 9.47 Å². The number of nitrogens with zero attached hydrogens (tertiary/aromatic N) is 1. The van der Waals surface area contributed by atoms with Gasteiger partial charge in [-0.25, -0.2) is 4.79 Å². The lowest BCUT2D eigenvalue weighted by Crippen LogP contribution is -2.34. The second-order valence-electron chi connectivity index (χ2n) is 6.71. The summed E-state index contributed by atoms with van der Waals surface area (Å²) in [5.74, 6) is 0.551. The minimum Gasteiger partial charge on any atom is -0.490 e. The number of aryl methyl sites for hydroxylation is 1. The number of piperidine rings is 1. The summed E-state index contributed by atoms with van der Waals surface area (Å²) in [6.07, 6.45) is 3.60. The van der Waals surface area contributed by atoms with Crippen LogP contribution in [-0.4, -0.2) is 35.6 Å². The van der Waals surface area contributed by atoms with E-state index < -0.39 is 5.97 Å². The zero-order valence-corrected chi connectivity index (χ0v) is 16.7. The van der Waals surface area contributed by atoms with Crippen LogP contribution in [0.15, 0.2) is 42.5 Å². The summed E-state index contributed by atoms with van der Waals surface area (Å²) in [6.45, 7) is 6.31. The van der Waals surface area contributed by atoms with Gasteiger partial charge in [0, 0.05) is 18.7 Å². The van der Waals surface area contributed by atoms with Gasteiger partial charge in [-0.15, -0.1) is 0 Å². The Balaban J connectivity index is 1.80. The molecule has 0 bridgehead atoms. The second kappa shape index (κ2) is 9.00.